The Morgan fingerprint density at radius 1 is 1.47 bits per heavy atom. The molecule has 0 fully saturated rings. The van der Waals surface area contributed by atoms with Crippen molar-refractivity contribution in [2.45, 2.75) is 46.1 Å². The normalized spacial score (nSPS) is 14.8. The molecule has 0 saturated carbocycles. The number of allylic oxidation sites excluding steroid dienone is 2. The third-order valence-electron chi connectivity index (χ3n) is 2.31. The molecule has 98 valence electrons. The molecule has 0 rings (SSSR count). The van der Waals surface area contributed by atoms with Crippen molar-refractivity contribution >= 4 is 10.1 Å². The molecular formula is C13H22O3S. The Morgan fingerprint density at radius 2 is 2.06 bits per heavy atom. The Bertz CT molecular complexity index is 383. The minimum atomic E-state index is -3.47. The predicted molar refractivity (Wildman–Crippen MR) is 71.0 cm³/mol. The molecule has 2 unspecified atom stereocenters. The molecule has 2 atom stereocenters. The van der Waals surface area contributed by atoms with Gasteiger partial charge in [-0.25, -0.2) is 0 Å². The molecule has 0 spiro atoms. The van der Waals surface area contributed by atoms with Crippen LogP contribution < -0.4 is 0 Å². The van der Waals surface area contributed by atoms with Gasteiger partial charge in [-0.05, 0) is 39.0 Å². The van der Waals surface area contributed by atoms with Crippen LogP contribution in [0.3, 0.4) is 0 Å². The Morgan fingerprint density at radius 3 is 2.47 bits per heavy atom. The van der Waals surface area contributed by atoms with Gasteiger partial charge in [0.25, 0.3) is 10.1 Å². The monoisotopic (exact) mass is 258 g/mol. The van der Waals surface area contributed by atoms with Crippen molar-refractivity contribution < 1.29 is 12.6 Å². The zero-order valence-electron chi connectivity index (χ0n) is 11.1. The molecule has 0 aromatic rings. The summed E-state index contributed by atoms with van der Waals surface area (Å²) in [6, 6.07) is 0. The van der Waals surface area contributed by atoms with Gasteiger partial charge in [0.15, 0.2) is 0 Å². The van der Waals surface area contributed by atoms with E-state index in [1.807, 2.05) is 0 Å². The second-order valence-corrected chi connectivity index (χ2v) is 6.26. The molecule has 0 aliphatic carbocycles. The van der Waals surface area contributed by atoms with E-state index < -0.39 is 16.2 Å². The van der Waals surface area contributed by atoms with Gasteiger partial charge in [-0.15, -0.1) is 6.42 Å². The largest absolute Gasteiger partial charge is 0.265 e. The first kappa shape index (κ1) is 16.2. The number of rotatable bonds is 7. The van der Waals surface area contributed by atoms with Crippen molar-refractivity contribution in [2.24, 2.45) is 5.92 Å². The van der Waals surface area contributed by atoms with E-state index in [0.29, 0.717) is 12.3 Å². The second kappa shape index (κ2) is 7.52. The van der Waals surface area contributed by atoms with Crippen LogP contribution in [0.5, 0.6) is 0 Å². The third kappa shape index (κ3) is 10.1. The van der Waals surface area contributed by atoms with Crippen LogP contribution in [-0.2, 0) is 14.3 Å². The fourth-order valence-electron chi connectivity index (χ4n) is 1.49. The first-order valence-corrected chi connectivity index (χ1v) is 7.54. The summed E-state index contributed by atoms with van der Waals surface area (Å²) in [6.07, 6.45) is 10.3. The van der Waals surface area contributed by atoms with Crippen molar-refractivity contribution in [1.29, 1.82) is 0 Å². The lowest BCUT2D eigenvalue weighted by molar-refractivity contribution is 0.229. The van der Waals surface area contributed by atoms with Crippen LogP contribution in [0.1, 0.15) is 40.0 Å². The van der Waals surface area contributed by atoms with Crippen LogP contribution >= 0.6 is 0 Å². The lowest BCUT2D eigenvalue weighted by Crippen LogP contribution is -2.18. The van der Waals surface area contributed by atoms with Gasteiger partial charge < -0.3 is 0 Å². The topological polar surface area (TPSA) is 43.4 Å². The van der Waals surface area contributed by atoms with Crippen LogP contribution in [-0.4, -0.2) is 20.8 Å². The van der Waals surface area contributed by atoms with Gasteiger partial charge in [0.05, 0.1) is 6.26 Å². The molecule has 0 amide bonds. The summed E-state index contributed by atoms with van der Waals surface area (Å²) >= 11 is 0. The molecule has 4 heteroatoms. The maximum absolute atomic E-state index is 11.0. The highest BCUT2D eigenvalue weighted by atomic mass is 32.2. The third-order valence-corrected chi connectivity index (χ3v) is 2.89. The molecule has 0 aliphatic heterocycles. The molecule has 17 heavy (non-hydrogen) atoms. The van der Waals surface area contributed by atoms with Crippen LogP contribution in [0.15, 0.2) is 11.6 Å². The van der Waals surface area contributed by atoms with Gasteiger partial charge >= 0.3 is 0 Å². The maximum atomic E-state index is 11.0. The lowest BCUT2D eigenvalue weighted by atomic mass is 9.98. The van der Waals surface area contributed by atoms with E-state index in [9.17, 15) is 8.42 Å². The van der Waals surface area contributed by atoms with Crippen LogP contribution in [0.4, 0.5) is 0 Å². The molecule has 3 nitrogen and oxygen atoms in total. The molecule has 0 aliphatic rings. The average Bonchev–Trinajstić information content (AvgIpc) is 2.13. The van der Waals surface area contributed by atoms with Crippen molar-refractivity contribution in [3.8, 4) is 12.3 Å². The first-order chi connectivity index (χ1) is 7.74. The van der Waals surface area contributed by atoms with Crippen LogP contribution in [0, 0.1) is 18.3 Å². The summed E-state index contributed by atoms with van der Waals surface area (Å²) in [7, 11) is -3.47. The lowest BCUT2D eigenvalue weighted by Gasteiger charge is -2.15. The van der Waals surface area contributed by atoms with Gasteiger partial charge in [-0.2, -0.15) is 8.42 Å². The summed E-state index contributed by atoms with van der Waals surface area (Å²) < 4.78 is 26.7. The smallest absolute Gasteiger partial charge is 0.254 e. The van der Waals surface area contributed by atoms with Gasteiger partial charge in [-0.1, -0.05) is 24.5 Å². The van der Waals surface area contributed by atoms with Gasteiger partial charge in [0.2, 0.25) is 0 Å². The summed E-state index contributed by atoms with van der Waals surface area (Å²) in [5, 5.41) is 0. The van der Waals surface area contributed by atoms with Crippen molar-refractivity contribution in [3.63, 3.8) is 0 Å². The van der Waals surface area contributed by atoms with E-state index >= 15 is 0 Å². The van der Waals surface area contributed by atoms with Crippen molar-refractivity contribution in [2.75, 3.05) is 6.26 Å². The minimum absolute atomic E-state index is 0.341. The molecule has 0 bridgehead atoms. The number of hydrogen-bond acceptors (Lipinski definition) is 3. The molecule has 0 saturated heterocycles. The fourth-order valence-corrected chi connectivity index (χ4v) is 2.04. The minimum Gasteiger partial charge on any atom is -0.254 e. The van der Waals surface area contributed by atoms with E-state index in [1.54, 1.807) is 0 Å². The summed E-state index contributed by atoms with van der Waals surface area (Å²) in [4.78, 5) is 0. The molecule has 0 radical (unpaired) electrons. The Hall–Kier alpha value is -0.790. The summed E-state index contributed by atoms with van der Waals surface area (Å²) in [5.74, 6) is 2.71. The van der Waals surface area contributed by atoms with E-state index in [2.05, 4.69) is 32.8 Å². The SMILES string of the molecule is C#CC(CC(C)CCC=C(C)C)OS(C)(=O)=O. The Kier molecular flexibility index (Phi) is 7.17. The molecule has 0 aromatic carbocycles. The fraction of sp³-hybridized carbons (Fsp3) is 0.692. The summed E-state index contributed by atoms with van der Waals surface area (Å²) in [5.41, 5.74) is 1.29. The van der Waals surface area contributed by atoms with E-state index in [1.165, 1.54) is 5.57 Å². The highest BCUT2D eigenvalue weighted by molar-refractivity contribution is 7.86. The van der Waals surface area contributed by atoms with Crippen molar-refractivity contribution in [3.05, 3.63) is 11.6 Å². The molecule has 0 heterocycles. The van der Waals surface area contributed by atoms with Crippen LogP contribution in [0.2, 0.25) is 0 Å². The van der Waals surface area contributed by atoms with E-state index in [0.717, 1.165) is 19.1 Å². The number of terminal acetylenes is 1. The Labute approximate surface area is 105 Å². The first-order valence-electron chi connectivity index (χ1n) is 5.72. The standard InChI is InChI=1S/C13H22O3S/c1-6-13(16-17(5,14)15)10-12(4)9-7-8-11(2)3/h1,8,12-13H,7,9-10H2,2-5H3. The summed E-state index contributed by atoms with van der Waals surface area (Å²) in [6.45, 7) is 6.16. The highest BCUT2D eigenvalue weighted by Gasteiger charge is 2.15. The Balaban J connectivity index is 4.13. The highest BCUT2D eigenvalue weighted by Crippen LogP contribution is 2.16. The molecule has 0 aromatic heterocycles. The van der Waals surface area contributed by atoms with Gasteiger partial charge in [-0.3, -0.25) is 4.18 Å². The van der Waals surface area contributed by atoms with Crippen molar-refractivity contribution in [1.82, 2.24) is 0 Å². The molecular weight excluding hydrogens is 236 g/mol. The van der Waals surface area contributed by atoms with Gasteiger partial charge in [0, 0.05) is 0 Å². The maximum Gasteiger partial charge on any atom is 0.265 e. The second-order valence-electron chi connectivity index (χ2n) is 4.66. The number of hydrogen-bond donors (Lipinski definition) is 0. The zero-order chi connectivity index (χ0) is 13.5. The zero-order valence-corrected chi connectivity index (χ0v) is 11.9. The van der Waals surface area contributed by atoms with Gasteiger partial charge in [0.1, 0.15) is 6.10 Å². The van der Waals surface area contributed by atoms with Crippen LogP contribution in [0.25, 0.3) is 0 Å². The van der Waals surface area contributed by atoms with E-state index in [-0.39, 0.29) is 0 Å². The predicted octanol–water partition coefficient (Wildman–Crippen LogP) is 2.74. The average molecular weight is 258 g/mol. The van der Waals surface area contributed by atoms with E-state index in [4.69, 9.17) is 10.6 Å². The quantitative estimate of drug-likeness (QED) is 0.400. The molecule has 0 N–H and O–H groups in total.